The summed E-state index contributed by atoms with van der Waals surface area (Å²) >= 11 is 5.53. The predicted molar refractivity (Wildman–Crippen MR) is 106 cm³/mol. The molecule has 0 spiro atoms. The van der Waals surface area contributed by atoms with Gasteiger partial charge >= 0.3 is 5.97 Å². The van der Waals surface area contributed by atoms with Crippen LogP contribution in [0.3, 0.4) is 0 Å². The summed E-state index contributed by atoms with van der Waals surface area (Å²) in [6.45, 7) is 6.84. The van der Waals surface area contributed by atoms with Crippen LogP contribution in [-0.2, 0) is 9.53 Å². The number of carbonyl (C=O) groups is 1. The van der Waals surface area contributed by atoms with Gasteiger partial charge in [0.1, 0.15) is 5.75 Å². The van der Waals surface area contributed by atoms with Crippen LogP contribution in [0.2, 0.25) is 0 Å². The number of methoxy groups -OCH3 is 1. The Morgan fingerprint density at radius 3 is 2.77 bits per heavy atom. The summed E-state index contributed by atoms with van der Waals surface area (Å²) < 4.78 is 10.6. The molecule has 4 atom stereocenters. The van der Waals surface area contributed by atoms with Crippen LogP contribution in [0.25, 0.3) is 0 Å². The van der Waals surface area contributed by atoms with Crippen LogP contribution in [-0.4, -0.2) is 30.8 Å². The number of anilines is 1. The average molecular weight is 377 g/mol. The third-order valence-electron chi connectivity index (χ3n) is 6.17. The molecule has 1 unspecified atom stereocenters. The van der Waals surface area contributed by atoms with E-state index in [1.807, 2.05) is 31.2 Å². The van der Waals surface area contributed by atoms with Gasteiger partial charge in [-0.05, 0) is 61.4 Å². The van der Waals surface area contributed by atoms with Crippen LogP contribution in [0, 0.1) is 23.2 Å². The highest BCUT2D eigenvalue weighted by Crippen LogP contribution is 2.60. The Bertz CT molecular complexity index is 691. The summed E-state index contributed by atoms with van der Waals surface area (Å²) in [5.74, 6) is 1.51. The molecular formula is C20H28N2O3S. The monoisotopic (exact) mass is 376 g/mol. The van der Waals surface area contributed by atoms with Crippen molar-refractivity contribution in [1.82, 2.24) is 5.32 Å². The Morgan fingerprint density at radius 2 is 2.12 bits per heavy atom. The van der Waals surface area contributed by atoms with Crippen LogP contribution in [0.4, 0.5) is 5.69 Å². The van der Waals surface area contributed by atoms with Crippen molar-refractivity contribution in [3.63, 3.8) is 0 Å². The number of esters is 1. The van der Waals surface area contributed by atoms with Crippen LogP contribution >= 0.6 is 12.2 Å². The fraction of sp³-hybridized carbons (Fsp3) is 0.600. The Labute approximate surface area is 160 Å². The summed E-state index contributed by atoms with van der Waals surface area (Å²) in [5.41, 5.74) is 1.09. The summed E-state index contributed by atoms with van der Waals surface area (Å²) in [7, 11) is 1.64. The van der Waals surface area contributed by atoms with Crippen molar-refractivity contribution in [3.8, 4) is 5.75 Å². The van der Waals surface area contributed by atoms with Gasteiger partial charge in [-0.15, -0.1) is 0 Å². The molecule has 0 amide bonds. The molecule has 5 nitrogen and oxygen atoms in total. The Morgan fingerprint density at radius 1 is 1.35 bits per heavy atom. The molecule has 1 aromatic carbocycles. The third-order valence-corrected chi connectivity index (χ3v) is 6.39. The fourth-order valence-corrected chi connectivity index (χ4v) is 4.77. The molecule has 0 heterocycles. The van der Waals surface area contributed by atoms with Crippen molar-refractivity contribution >= 4 is 29.0 Å². The van der Waals surface area contributed by atoms with Gasteiger partial charge in [-0.3, -0.25) is 4.79 Å². The molecule has 6 heteroatoms. The lowest BCUT2D eigenvalue weighted by Gasteiger charge is -2.62. The number of nitrogens with one attached hydrogen (secondary N) is 2. The normalized spacial score (nSPS) is 28.5. The van der Waals surface area contributed by atoms with Gasteiger partial charge in [0.25, 0.3) is 0 Å². The first-order valence-electron chi connectivity index (χ1n) is 9.25. The van der Waals surface area contributed by atoms with Gasteiger partial charge in [0, 0.05) is 17.8 Å². The summed E-state index contributed by atoms with van der Waals surface area (Å²) in [6.07, 6.45) is 2.00. The molecule has 142 valence electrons. The van der Waals surface area contributed by atoms with Crippen LogP contribution in [0.5, 0.6) is 5.75 Å². The smallest absolute Gasteiger partial charge is 0.311 e. The standard InChI is InChI=1S/C20H28N2O3S/c1-5-25-18(23)15-9-12-10-16(20(12,2)3)17(15)22-19(26)21-13-7-6-8-14(11-13)24-4/h6-8,11-12,15-17H,5,9-10H2,1-4H3,(H2,21,22,26)/t12?,15-,16-,17-/m0/s1. The fourth-order valence-electron chi connectivity index (χ4n) is 4.51. The lowest BCUT2D eigenvalue weighted by Crippen LogP contribution is -2.65. The van der Waals surface area contributed by atoms with Crippen molar-refractivity contribution in [2.45, 2.75) is 39.7 Å². The molecule has 0 aromatic heterocycles. The third kappa shape index (κ3) is 3.52. The lowest BCUT2D eigenvalue weighted by molar-refractivity contribution is -0.166. The Balaban J connectivity index is 1.71. The number of hydrogen-bond acceptors (Lipinski definition) is 4. The largest absolute Gasteiger partial charge is 0.497 e. The van der Waals surface area contributed by atoms with E-state index < -0.39 is 0 Å². The molecule has 2 bridgehead atoms. The van der Waals surface area contributed by atoms with Gasteiger partial charge in [-0.2, -0.15) is 0 Å². The van der Waals surface area contributed by atoms with E-state index in [0.717, 1.165) is 24.3 Å². The van der Waals surface area contributed by atoms with Crippen molar-refractivity contribution in [2.75, 3.05) is 19.0 Å². The van der Waals surface area contributed by atoms with E-state index in [0.29, 0.717) is 23.6 Å². The van der Waals surface area contributed by atoms with Gasteiger partial charge in [0.2, 0.25) is 0 Å². The zero-order valence-corrected chi connectivity index (χ0v) is 16.7. The quantitative estimate of drug-likeness (QED) is 0.605. The topological polar surface area (TPSA) is 59.6 Å². The maximum Gasteiger partial charge on any atom is 0.311 e. The molecule has 0 saturated heterocycles. The molecular weight excluding hydrogens is 348 g/mol. The highest BCUT2D eigenvalue weighted by atomic mass is 32.1. The maximum atomic E-state index is 12.5. The van der Waals surface area contributed by atoms with Crippen LogP contribution in [0.15, 0.2) is 24.3 Å². The zero-order valence-electron chi connectivity index (χ0n) is 15.9. The molecule has 3 saturated carbocycles. The highest BCUT2D eigenvalue weighted by Gasteiger charge is 2.59. The van der Waals surface area contributed by atoms with Gasteiger partial charge in [0.05, 0.1) is 19.6 Å². The van der Waals surface area contributed by atoms with Crippen molar-refractivity contribution < 1.29 is 14.3 Å². The maximum absolute atomic E-state index is 12.5. The molecule has 0 aliphatic heterocycles. The second kappa shape index (κ2) is 7.43. The number of hydrogen-bond donors (Lipinski definition) is 2. The second-order valence-electron chi connectivity index (χ2n) is 7.81. The van der Waals surface area contributed by atoms with Crippen LogP contribution in [0.1, 0.15) is 33.6 Å². The van der Waals surface area contributed by atoms with E-state index in [4.69, 9.17) is 21.7 Å². The molecule has 4 rings (SSSR count). The number of carbonyl (C=O) groups excluding carboxylic acids is 1. The zero-order chi connectivity index (χ0) is 18.9. The number of fused-ring (bicyclic) bond motifs is 2. The summed E-state index contributed by atoms with van der Waals surface area (Å²) in [6, 6.07) is 7.62. The lowest BCUT2D eigenvalue weighted by atomic mass is 9.45. The molecule has 0 radical (unpaired) electrons. The Kier molecular flexibility index (Phi) is 5.42. The number of thiocarbonyl (C=S) groups is 1. The van der Waals surface area contributed by atoms with Crippen molar-refractivity contribution in [1.29, 1.82) is 0 Å². The summed E-state index contributed by atoms with van der Waals surface area (Å²) in [5, 5.41) is 7.15. The van der Waals surface area contributed by atoms with Crippen molar-refractivity contribution in [2.24, 2.45) is 23.2 Å². The van der Waals surface area contributed by atoms with E-state index in [-0.39, 0.29) is 23.3 Å². The minimum absolute atomic E-state index is 0.000317. The molecule has 3 aliphatic rings. The van der Waals surface area contributed by atoms with E-state index in [1.54, 1.807) is 7.11 Å². The SMILES string of the molecule is CCOC(=O)[C@H]1CC2C[C@@H]([C@H]1NC(=S)Nc1cccc(OC)c1)C2(C)C. The average Bonchev–Trinajstić information content (AvgIpc) is 2.61. The molecule has 2 N–H and O–H groups in total. The molecule has 26 heavy (non-hydrogen) atoms. The van der Waals surface area contributed by atoms with E-state index >= 15 is 0 Å². The first kappa shape index (κ1) is 19.0. The van der Waals surface area contributed by atoms with E-state index in [1.165, 1.54) is 0 Å². The first-order valence-corrected chi connectivity index (χ1v) is 9.65. The molecule has 3 aliphatic carbocycles. The van der Waals surface area contributed by atoms with Gasteiger partial charge in [-0.25, -0.2) is 0 Å². The number of ether oxygens (including phenoxy) is 2. The minimum atomic E-state index is -0.142. The van der Waals surface area contributed by atoms with Crippen molar-refractivity contribution in [3.05, 3.63) is 24.3 Å². The van der Waals surface area contributed by atoms with E-state index in [2.05, 4.69) is 24.5 Å². The molecule has 1 aromatic rings. The van der Waals surface area contributed by atoms with Gasteiger partial charge in [-0.1, -0.05) is 19.9 Å². The first-order chi connectivity index (χ1) is 12.4. The second-order valence-corrected chi connectivity index (χ2v) is 8.22. The van der Waals surface area contributed by atoms with E-state index in [9.17, 15) is 4.79 Å². The minimum Gasteiger partial charge on any atom is -0.497 e. The number of rotatable bonds is 5. The number of benzene rings is 1. The summed E-state index contributed by atoms with van der Waals surface area (Å²) in [4.78, 5) is 12.5. The predicted octanol–water partition coefficient (Wildman–Crippen LogP) is 3.60. The van der Waals surface area contributed by atoms with Gasteiger partial charge in [0.15, 0.2) is 5.11 Å². The van der Waals surface area contributed by atoms with Crippen LogP contribution < -0.4 is 15.4 Å². The molecule has 3 fully saturated rings. The Hall–Kier alpha value is -1.82. The highest BCUT2D eigenvalue weighted by molar-refractivity contribution is 7.80. The van der Waals surface area contributed by atoms with Gasteiger partial charge < -0.3 is 20.1 Å².